The van der Waals surface area contributed by atoms with Gasteiger partial charge in [-0.05, 0) is 35.2 Å². The van der Waals surface area contributed by atoms with Crippen LogP contribution in [0.1, 0.15) is 11.1 Å². The van der Waals surface area contributed by atoms with Gasteiger partial charge in [-0.15, -0.1) is 0 Å². The lowest BCUT2D eigenvalue weighted by Gasteiger charge is -2.13. The van der Waals surface area contributed by atoms with Gasteiger partial charge >= 0.3 is 6.03 Å². The summed E-state index contributed by atoms with van der Waals surface area (Å²) in [6.45, 7) is 2.29. The number of amides is 2. The van der Waals surface area contributed by atoms with Gasteiger partial charge in [-0.3, -0.25) is 0 Å². The molecule has 1 aliphatic rings. The summed E-state index contributed by atoms with van der Waals surface area (Å²) < 4.78 is 0. The normalized spacial score (nSPS) is 13.8. The van der Waals surface area contributed by atoms with Gasteiger partial charge in [-0.1, -0.05) is 36.4 Å². The lowest BCUT2D eigenvalue weighted by molar-refractivity contribution is 0.218. The van der Waals surface area contributed by atoms with Crippen LogP contribution in [0, 0.1) is 11.3 Å². The number of nitriles is 1. The van der Waals surface area contributed by atoms with E-state index in [0.29, 0.717) is 5.56 Å². The minimum atomic E-state index is 0.0363. The SMILES string of the molecule is N#Cc1ccc(-c2ccc(CCN3CCNC3=O)cc2)cc1. The highest BCUT2D eigenvalue weighted by molar-refractivity contribution is 5.76. The van der Waals surface area contributed by atoms with Crippen LogP contribution in [-0.2, 0) is 6.42 Å². The van der Waals surface area contributed by atoms with Crippen LogP contribution >= 0.6 is 0 Å². The Balaban J connectivity index is 1.64. The maximum Gasteiger partial charge on any atom is 0.317 e. The number of carbonyl (C=O) groups is 1. The summed E-state index contributed by atoms with van der Waals surface area (Å²) in [6.07, 6.45) is 0.862. The van der Waals surface area contributed by atoms with E-state index in [1.807, 2.05) is 29.2 Å². The Hall–Kier alpha value is -2.80. The zero-order valence-electron chi connectivity index (χ0n) is 12.2. The molecule has 2 aromatic rings. The van der Waals surface area contributed by atoms with Gasteiger partial charge in [0.05, 0.1) is 11.6 Å². The van der Waals surface area contributed by atoms with Crippen molar-refractivity contribution < 1.29 is 4.79 Å². The summed E-state index contributed by atoms with van der Waals surface area (Å²) in [5.74, 6) is 0. The Labute approximate surface area is 130 Å². The Morgan fingerprint density at radius 1 is 1.05 bits per heavy atom. The lowest BCUT2D eigenvalue weighted by atomic mass is 10.0. The molecule has 0 unspecified atom stereocenters. The predicted molar refractivity (Wildman–Crippen MR) is 85.3 cm³/mol. The second-order valence-electron chi connectivity index (χ2n) is 5.36. The molecule has 2 aromatic carbocycles. The molecule has 4 nitrogen and oxygen atoms in total. The third-order valence-corrected chi connectivity index (χ3v) is 3.92. The van der Waals surface area contributed by atoms with Crippen molar-refractivity contribution in [2.24, 2.45) is 0 Å². The minimum Gasteiger partial charge on any atom is -0.336 e. The molecule has 1 saturated heterocycles. The van der Waals surface area contributed by atoms with Gasteiger partial charge in [0.2, 0.25) is 0 Å². The molecule has 110 valence electrons. The summed E-state index contributed by atoms with van der Waals surface area (Å²) in [5, 5.41) is 11.6. The van der Waals surface area contributed by atoms with Gasteiger partial charge in [-0.2, -0.15) is 5.26 Å². The highest BCUT2D eigenvalue weighted by Crippen LogP contribution is 2.20. The number of urea groups is 1. The van der Waals surface area contributed by atoms with Crippen molar-refractivity contribution in [1.29, 1.82) is 5.26 Å². The number of hydrogen-bond donors (Lipinski definition) is 1. The van der Waals surface area contributed by atoms with Crippen LogP contribution in [-0.4, -0.2) is 30.6 Å². The Morgan fingerprint density at radius 3 is 2.23 bits per heavy atom. The molecule has 0 aliphatic carbocycles. The molecule has 0 radical (unpaired) electrons. The van der Waals surface area contributed by atoms with Crippen molar-refractivity contribution >= 4 is 6.03 Å². The first-order valence-corrected chi connectivity index (χ1v) is 7.38. The van der Waals surface area contributed by atoms with Gasteiger partial charge in [0.25, 0.3) is 0 Å². The monoisotopic (exact) mass is 291 g/mol. The van der Waals surface area contributed by atoms with E-state index in [-0.39, 0.29) is 6.03 Å². The van der Waals surface area contributed by atoms with E-state index in [9.17, 15) is 4.79 Å². The topological polar surface area (TPSA) is 56.1 Å². The summed E-state index contributed by atoms with van der Waals surface area (Å²) in [7, 11) is 0. The van der Waals surface area contributed by atoms with Crippen molar-refractivity contribution in [3.63, 3.8) is 0 Å². The van der Waals surface area contributed by atoms with Crippen LogP contribution < -0.4 is 5.32 Å². The summed E-state index contributed by atoms with van der Waals surface area (Å²) in [5.41, 5.74) is 4.12. The molecule has 3 rings (SSSR count). The molecule has 0 saturated carbocycles. The van der Waals surface area contributed by atoms with Crippen molar-refractivity contribution in [3.8, 4) is 17.2 Å². The smallest absolute Gasteiger partial charge is 0.317 e. The van der Waals surface area contributed by atoms with Crippen molar-refractivity contribution in [1.82, 2.24) is 10.2 Å². The predicted octanol–water partition coefficient (Wildman–Crippen LogP) is 2.79. The fourth-order valence-corrected chi connectivity index (χ4v) is 2.59. The van der Waals surface area contributed by atoms with Crippen molar-refractivity contribution in [3.05, 3.63) is 59.7 Å². The zero-order chi connectivity index (χ0) is 15.4. The fraction of sp³-hybridized carbons (Fsp3) is 0.222. The average molecular weight is 291 g/mol. The van der Waals surface area contributed by atoms with Crippen LogP contribution in [0.5, 0.6) is 0 Å². The maximum atomic E-state index is 11.5. The number of nitrogens with zero attached hydrogens (tertiary/aromatic N) is 2. The van der Waals surface area contributed by atoms with Crippen LogP contribution in [0.3, 0.4) is 0 Å². The first kappa shape index (κ1) is 14.2. The van der Waals surface area contributed by atoms with Crippen LogP contribution in [0.2, 0.25) is 0 Å². The highest BCUT2D eigenvalue weighted by atomic mass is 16.2. The molecule has 0 atom stereocenters. The molecule has 1 heterocycles. The van der Waals surface area contributed by atoms with E-state index >= 15 is 0 Å². The number of carbonyl (C=O) groups excluding carboxylic acids is 1. The molecular weight excluding hydrogens is 274 g/mol. The second-order valence-corrected chi connectivity index (χ2v) is 5.36. The molecule has 0 spiro atoms. The highest BCUT2D eigenvalue weighted by Gasteiger charge is 2.18. The van der Waals surface area contributed by atoms with Crippen molar-refractivity contribution in [2.75, 3.05) is 19.6 Å². The molecule has 1 fully saturated rings. The molecule has 2 amide bonds. The van der Waals surface area contributed by atoms with Crippen molar-refractivity contribution in [2.45, 2.75) is 6.42 Å². The van der Waals surface area contributed by atoms with E-state index < -0.39 is 0 Å². The lowest BCUT2D eigenvalue weighted by Crippen LogP contribution is -2.29. The first-order valence-electron chi connectivity index (χ1n) is 7.38. The van der Waals surface area contributed by atoms with Crippen LogP contribution in [0.15, 0.2) is 48.5 Å². The second kappa shape index (κ2) is 6.31. The van der Waals surface area contributed by atoms with E-state index in [1.54, 1.807) is 0 Å². The largest absolute Gasteiger partial charge is 0.336 e. The van der Waals surface area contributed by atoms with Gasteiger partial charge in [-0.25, -0.2) is 4.79 Å². The Kier molecular flexibility index (Phi) is 4.06. The molecule has 0 bridgehead atoms. The Bertz CT molecular complexity index is 699. The maximum absolute atomic E-state index is 11.5. The molecule has 0 aromatic heterocycles. The molecule has 1 aliphatic heterocycles. The minimum absolute atomic E-state index is 0.0363. The molecule has 22 heavy (non-hydrogen) atoms. The summed E-state index contributed by atoms with van der Waals surface area (Å²) >= 11 is 0. The number of rotatable bonds is 4. The fourth-order valence-electron chi connectivity index (χ4n) is 2.59. The third kappa shape index (κ3) is 3.09. The van der Waals surface area contributed by atoms with E-state index in [0.717, 1.165) is 37.2 Å². The van der Waals surface area contributed by atoms with E-state index in [2.05, 4.69) is 35.7 Å². The number of benzene rings is 2. The molecule has 4 heteroatoms. The van der Waals surface area contributed by atoms with Gasteiger partial charge in [0.1, 0.15) is 0 Å². The van der Waals surface area contributed by atoms with E-state index in [1.165, 1.54) is 5.56 Å². The summed E-state index contributed by atoms with van der Waals surface area (Å²) in [4.78, 5) is 13.3. The zero-order valence-corrected chi connectivity index (χ0v) is 12.2. The average Bonchev–Trinajstić information content (AvgIpc) is 2.99. The summed E-state index contributed by atoms with van der Waals surface area (Å²) in [6, 6.07) is 18.1. The van der Waals surface area contributed by atoms with Crippen LogP contribution in [0.25, 0.3) is 11.1 Å². The van der Waals surface area contributed by atoms with Gasteiger partial charge in [0, 0.05) is 19.6 Å². The third-order valence-electron chi connectivity index (χ3n) is 3.92. The van der Waals surface area contributed by atoms with Gasteiger partial charge in [0.15, 0.2) is 0 Å². The Morgan fingerprint density at radius 2 is 1.68 bits per heavy atom. The molecule has 1 N–H and O–H groups in total. The first-order chi connectivity index (χ1) is 10.8. The molecular formula is C18H17N3O. The standard InChI is InChI=1S/C18H17N3O/c19-13-15-3-7-17(8-4-15)16-5-1-14(2-6-16)9-11-21-12-10-20-18(21)22/h1-8H,9-12H2,(H,20,22). The number of hydrogen-bond acceptors (Lipinski definition) is 2. The van der Waals surface area contributed by atoms with E-state index in [4.69, 9.17) is 5.26 Å². The quantitative estimate of drug-likeness (QED) is 0.941. The van der Waals surface area contributed by atoms with Gasteiger partial charge < -0.3 is 10.2 Å². The number of nitrogens with one attached hydrogen (secondary N) is 1. The van der Waals surface area contributed by atoms with Crippen LogP contribution in [0.4, 0.5) is 4.79 Å².